The van der Waals surface area contributed by atoms with E-state index >= 15 is 0 Å². The molecule has 1 atom stereocenters. The SMILES string of the molecule is CCOc1ccc(C2SCC(=O)Nc3c2c(C)nn3-c2ccc(C)cc2)cc1. The van der Waals surface area contributed by atoms with Crippen molar-refractivity contribution in [3.63, 3.8) is 0 Å². The van der Waals surface area contributed by atoms with E-state index in [0.717, 1.165) is 34.1 Å². The standard InChI is InChI=1S/C22H23N3O2S/c1-4-27-18-11-7-16(8-12-18)21-20-15(3)24-25(17-9-5-14(2)6-10-17)22(20)23-19(26)13-28-21/h5-12,21H,4,13H2,1-3H3,(H,23,26). The zero-order valence-electron chi connectivity index (χ0n) is 16.2. The second kappa shape index (κ2) is 7.72. The van der Waals surface area contributed by atoms with Crippen molar-refractivity contribution in [1.82, 2.24) is 9.78 Å². The number of amides is 1. The van der Waals surface area contributed by atoms with Gasteiger partial charge in [-0.3, -0.25) is 4.79 Å². The molecule has 1 aliphatic rings. The van der Waals surface area contributed by atoms with E-state index in [1.807, 2.05) is 42.8 Å². The van der Waals surface area contributed by atoms with Crippen LogP contribution < -0.4 is 10.1 Å². The molecule has 3 aromatic rings. The molecule has 6 heteroatoms. The summed E-state index contributed by atoms with van der Waals surface area (Å²) in [4.78, 5) is 12.4. The van der Waals surface area contributed by atoms with Crippen LogP contribution in [0.25, 0.3) is 5.69 Å². The molecular formula is C22H23N3O2S. The van der Waals surface area contributed by atoms with E-state index in [-0.39, 0.29) is 11.2 Å². The zero-order chi connectivity index (χ0) is 19.7. The van der Waals surface area contributed by atoms with Gasteiger partial charge in [0.1, 0.15) is 11.6 Å². The first kappa shape index (κ1) is 18.6. The number of ether oxygens (including phenoxy) is 1. The minimum absolute atomic E-state index is 0.00653. The van der Waals surface area contributed by atoms with Crippen molar-refractivity contribution >= 4 is 23.5 Å². The Morgan fingerprint density at radius 2 is 1.86 bits per heavy atom. The van der Waals surface area contributed by atoms with Crippen LogP contribution in [0.3, 0.4) is 0 Å². The maximum atomic E-state index is 12.4. The maximum absolute atomic E-state index is 12.4. The van der Waals surface area contributed by atoms with Gasteiger partial charge in [-0.15, -0.1) is 11.8 Å². The maximum Gasteiger partial charge on any atom is 0.235 e. The van der Waals surface area contributed by atoms with Gasteiger partial charge in [-0.05, 0) is 50.6 Å². The average molecular weight is 394 g/mol. The number of nitrogens with zero attached hydrogens (tertiary/aromatic N) is 2. The number of rotatable bonds is 4. The summed E-state index contributed by atoms with van der Waals surface area (Å²) < 4.78 is 7.41. The predicted molar refractivity (Wildman–Crippen MR) is 114 cm³/mol. The molecule has 1 amide bonds. The van der Waals surface area contributed by atoms with E-state index in [1.165, 1.54) is 5.56 Å². The first-order chi connectivity index (χ1) is 13.6. The molecule has 0 saturated carbocycles. The lowest BCUT2D eigenvalue weighted by Crippen LogP contribution is -2.15. The second-order valence-electron chi connectivity index (χ2n) is 6.84. The van der Waals surface area contributed by atoms with Crippen LogP contribution in [-0.4, -0.2) is 28.0 Å². The molecule has 0 fully saturated rings. The molecule has 1 N–H and O–H groups in total. The van der Waals surface area contributed by atoms with Crippen LogP contribution in [0, 0.1) is 13.8 Å². The van der Waals surface area contributed by atoms with Crippen molar-refractivity contribution < 1.29 is 9.53 Å². The molecule has 5 nitrogen and oxygen atoms in total. The largest absolute Gasteiger partial charge is 0.494 e. The summed E-state index contributed by atoms with van der Waals surface area (Å²) in [7, 11) is 0. The van der Waals surface area contributed by atoms with Gasteiger partial charge < -0.3 is 10.1 Å². The highest BCUT2D eigenvalue weighted by Crippen LogP contribution is 2.44. The fraction of sp³-hybridized carbons (Fsp3) is 0.273. The Bertz CT molecular complexity index is 994. The molecule has 0 bridgehead atoms. The smallest absolute Gasteiger partial charge is 0.235 e. The van der Waals surface area contributed by atoms with Gasteiger partial charge in [0.25, 0.3) is 0 Å². The number of hydrogen-bond acceptors (Lipinski definition) is 4. The topological polar surface area (TPSA) is 56.1 Å². The molecule has 4 rings (SSSR count). The molecule has 2 heterocycles. The van der Waals surface area contributed by atoms with E-state index in [1.54, 1.807) is 11.8 Å². The summed E-state index contributed by atoms with van der Waals surface area (Å²) >= 11 is 1.63. The molecule has 2 aromatic carbocycles. The molecule has 144 valence electrons. The first-order valence-electron chi connectivity index (χ1n) is 9.37. The summed E-state index contributed by atoms with van der Waals surface area (Å²) in [6.45, 7) is 6.67. The van der Waals surface area contributed by atoms with Crippen LogP contribution in [0.5, 0.6) is 5.75 Å². The highest BCUT2D eigenvalue weighted by molar-refractivity contribution is 8.00. The quantitative estimate of drug-likeness (QED) is 0.700. The minimum Gasteiger partial charge on any atom is -0.494 e. The molecule has 28 heavy (non-hydrogen) atoms. The molecule has 1 aliphatic heterocycles. The second-order valence-corrected chi connectivity index (χ2v) is 7.93. The van der Waals surface area contributed by atoms with Crippen molar-refractivity contribution in [2.45, 2.75) is 26.0 Å². The van der Waals surface area contributed by atoms with Gasteiger partial charge in [-0.2, -0.15) is 5.10 Å². The first-order valence-corrected chi connectivity index (χ1v) is 10.4. The number of nitrogens with one attached hydrogen (secondary N) is 1. The van der Waals surface area contributed by atoms with Crippen molar-refractivity contribution in [1.29, 1.82) is 0 Å². The van der Waals surface area contributed by atoms with Crippen molar-refractivity contribution in [2.75, 3.05) is 17.7 Å². The highest BCUT2D eigenvalue weighted by atomic mass is 32.2. The molecule has 0 saturated heterocycles. The third kappa shape index (κ3) is 3.52. The van der Waals surface area contributed by atoms with Crippen LogP contribution in [-0.2, 0) is 4.79 Å². The van der Waals surface area contributed by atoms with Crippen LogP contribution in [0.1, 0.15) is 34.6 Å². The highest BCUT2D eigenvalue weighted by Gasteiger charge is 2.30. The Balaban J connectivity index is 1.80. The Hall–Kier alpha value is -2.73. The third-order valence-electron chi connectivity index (χ3n) is 4.78. The van der Waals surface area contributed by atoms with Crippen molar-refractivity contribution in [3.8, 4) is 11.4 Å². The molecule has 0 aliphatic carbocycles. The van der Waals surface area contributed by atoms with E-state index in [4.69, 9.17) is 9.84 Å². The lowest BCUT2D eigenvalue weighted by Gasteiger charge is -2.16. The molecule has 1 aromatic heterocycles. The number of fused-ring (bicyclic) bond motifs is 1. The fourth-order valence-corrected chi connectivity index (χ4v) is 4.61. The summed E-state index contributed by atoms with van der Waals surface area (Å²) in [5, 5.41) is 7.86. The fourth-order valence-electron chi connectivity index (χ4n) is 3.43. The number of carbonyl (C=O) groups excluding carboxylic acids is 1. The van der Waals surface area contributed by atoms with Gasteiger partial charge in [0, 0.05) is 5.56 Å². The summed E-state index contributed by atoms with van der Waals surface area (Å²) in [5.41, 5.74) is 5.24. The normalized spacial score (nSPS) is 16.2. The van der Waals surface area contributed by atoms with Gasteiger partial charge in [0.15, 0.2) is 0 Å². The monoisotopic (exact) mass is 393 g/mol. The molecular weight excluding hydrogens is 370 g/mol. The van der Waals surface area contributed by atoms with Crippen LogP contribution in [0.15, 0.2) is 48.5 Å². The lowest BCUT2D eigenvalue weighted by atomic mass is 10.0. The Kier molecular flexibility index (Phi) is 5.13. The number of aryl methyl sites for hydroxylation is 2. The number of hydrogen-bond donors (Lipinski definition) is 1. The number of benzene rings is 2. The van der Waals surface area contributed by atoms with E-state index in [2.05, 4.69) is 36.5 Å². The number of thioether (sulfide) groups is 1. The van der Waals surface area contributed by atoms with E-state index < -0.39 is 0 Å². The molecule has 0 spiro atoms. The van der Waals surface area contributed by atoms with Gasteiger partial charge in [0.05, 0.1) is 29.0 Å². The van der Waals surface area contributed by atoms with Crippen molar-refractivity contribution in [2.24, 2.45) is 0 Å². The molecule has 1 unspecified atom stereocenters. The Morgan fingerprint density at radius 1 is 1.14 bits per heavy atom. The number of anilines is 1. The van der Waals surface area contributed by atoms with Crippen LogP contribution >= 0.6 is 11.8 Å². The van der Waals surface area contributed by atoms with Crippen LogP contribution in [0.4, 0.5) is 5.82 Å². The van der Waals surface area contributed by atoms with Gasteiger partial charge >= 0.3 is 0 Å². The summed E-state index contributed by atoms with van der Waals surface area (Å²) in [5.74, 6) is 2.01. The zero-order valence-corrected chi connectivity index (χ0v) is 17.0. The Labute approximate surface area is 169 Å². The lowest BCUT2D eigenvalue weighted by molar-refractivity contribution is -0.113. The van der Waals surface area contributed by atoms with Crippen LogP contribution in [0.2, 0.25) is 0 Å². The minimum atomic E-state index is -0.00653. The van der Waals surface area contributed by atoms with Gasteiger partial charge in [-0.25, -0.2) is 4.68 Å². The number of carbonyl (C=O) groups is 1. The predicted octanol–water partition coefficient (Wildman–Crippen LogP) is 4.66. The summed E-state index contributed by atoms with van der Waals surface area (Å²) in [6, 6.07) is 16.3. The third-order valence-corrected chi connectivity index (χ3v) is 6.05. The number of aromatic nitrogens is 2. The van der Waals surface area contributed by atoms with E-state index in [9.17, 15) is 4.79 Å². The van der Waals surface area contributed by atoms with Crippen molar-refractivity contribution in [3.05, 3.63) is 70.9 Å². The van der Waals surface area contributed by atoms with E-state index in [0.29, 0.717) is 12.4 Å². The molecule has 0 radical (unpaired) electrons. The summed E-state index contributed by atoms with van der Waals surface area (Å²) in [6.07, 6.45) is 0. The van der Waals surface area contributed by atoms with Gasteiger partial charge in [-0.1, -0.05) is 29.8 Å². The van der Waals surface area contributed by atoms with Gasteiger partial charge in [0.2, 0.25) is 5.91 Å². The Morgan fingerprint density at radius 3 is 2.54 bits per heavy atom. The average Bonchev–Trinajstić information content (AvgIpc) is 2.89.